The van der Waals surface area contributed by atoms with E-state index in [-0.39, 0.29) is 28.1 Å². The van der Waals surface area contributed by atoms with Crippen LogP contribution in [0.5, 0.6) is 0 Å². The van der Waals surface area contributed by atoms with E-state index in [1.54, 1.807) is 12.1 Å². The van der Waals surface area contributed by atoms with Gasteiger partial charge >= 0.3 is 11.7 Å². The lowest BCUT2D eigenvalue weighted by molar-refractivity contribution is -0.117. The second kappa shape index (κ2) is 8.79. The van der Waals surface area contributed by atoms with Gasteiger partial charge in [0.05, 0.1) is 24.6 Å². The Morgan fingerprint density at radius 3 is 2.47 bits per heavy atom. The maximum atomic E-state index is 12.6. The van der Waals surface area contributed by atoms with Crippen LogP contribution in [0.4, 0.5) is 5.69 Å². The molecule has 0 bridgehead atoms. The van der Waals surface area contributed by atoms with Crippen molar-refractivity contribution in [3.63, 3.8) is 0 Å². The fourth-order valence-electron chi connectivity index (χ4n) is 2.90. The highest BCUT2D eigenvalue weighted by Gasteiger charge is 2.21. The van der Waals surface area contributed by atoms with Crippen molar-refractivity contribution in [1.82, 2.24) is 24.4 Å². The van der Waals surface area contributed by atoms with Crippen molar-refractivity contribution in [2.45, 2.75) is 13.0 Å². The van der Waals surface area contributed by atoms with Crippen LogP contribution in [0.1, 0.15) is 27.8 Å². The quantitative estimate of drug-likeness (QED) is 0.507. The Kier molecular flexibility index (Phi) is 6.14. The SMILES string of the molecule is COC(=O)c1ccccc1NC(=O)[C@H](C)NC(=O)c1cnc2c(n1)c(=O)n(C)c(=O)n2C. The molecule has 12 nitrogen and oxygen atoms in total. The van der Waals surface area contributed by atoms with Gasteiger partial charge in [0, 0.05) is 14.1 Å². The van der Waals surface area contributed by atoms with Crippen LogP contribution in [0.25, 0.3) is 11.2 Å². The third kappa shape index (κ3) is 4.10. The average Bonchev–Trinajstić information content (AvgIpc) is 2.80. The van der Waals surface area contributed by atoms with E-state index < -0.39 is 35.1 Å². The molecule has 3 rings (SSSR count). The number of methoxy groups -OCH3 is 1. The van der Waals surface area contributed by atoms with Crippen molar-refractivity contribution < 1.29 is 19.1 Å². The van der Waals surface area contributed by atoms with Crippen LogP contribution in [-0.2, 0) is 23.6 Å². The number of carbonyl (C=O) groups excluding carboxylic acids is 3. The lowest BCUT2D eigenvalue weighted by atomic mass is 10.1. The molecule has 0 unspecified atom stereocenters. The molecule has 0 radical (unpaired) electrons. The predicted octanol–water partition coefficient (Wildman–Crippen LogP) is -0.429. The van der Waals surface area contributed by atoms with Crippen LogP contribution in [0, 0.1) is 0 Å². The predicted molar refractivity (Wildman–Crippen MR) is 113 cm³/mol. The zero-order valence-electron chi connectivity index (χ0n) is 17.7. The summed E-state index contributed by atoms with van der Waals surface area (Å²) in [6.07, 6.45) is 1.10. The molecule has 2 aromatic heterocycles. The first kappa shape index (κ1) is 22.3. The van der Waals surface area contributed by atoms with Crippen molar-refractivity contribution in [3.8, 4) is 0 Å². The minimum Gasteiger partial charge on any atom is -0.465 e. The first-order valence-corrected chi connectivity index (χ1v) is 9.37. The van der Waals surface area contributed by atoms with Crippen molar-refractivity contribution in [3.05, 3.63) is 62.6 Å². The molecular weight excluding hydrogens is 420 g/mol. The molecule has 2 N–H and O–H groups in total. The van der Waals surface area contributed by atoms with E-state index in [4.69, 9.17) is 0 Å². The molecule has 0 spiro atoms. The maximum absolute atomic E-state index is 12.6. The Labute approximate surface area is 180 Å². The summed E-state index contributed by atoms with van der Waals surface area (Å²) in [6, 6.07) is 5.24. The number of hydrogen-bond donors (Lipinski definition) is 2. The molecule has 0 saturated carbocycles. The molecule has 0 aliphatic carbocycles. The van der Waals surface area contributed by atoms with E-state index in [0.717, 1.165) is 15.3 Å². The molecule has 1 aromatic carbocycles. The number of benzene rings is 1. The number of anilines is 1. The molecule has 2 heterocycles. The van der Waals surface area contributed by atoms with Gasteiger partial charge in [0.1, 0.15) is 11.7 Å². The zero-order valence-corrected chi connectivity index (χ0v) is 17.7. The van der Waals surface area contributed by atoms with Crippen molar-refractivity contribution in [2.24, 2.45) is 14.1 Å². The van der Waals surface area contributed by atoms with Crippen LogP contribution in [-0.4, -0.2) is 50.0 Å². The Bertz CT molecular complexity index is 1360. The van der Waals surface area contributed by atoms with Crippen LogP contribution in [0.3, 0.4) is 0 Å². The Morgan fingerprint density at radius 2 is 1.78 bits per heavy atom. The highest BCUT2D eigenvalue weighted by atomic mass is 16.5. The second-order valence-corrected chi connectivity index (χ2v) is 6.85. The van der Waals surface area contributed by atoms with Crippen LogP contribution in [0.2, 0.25) is 0 Å². The van der Waals surface area contributed by atoms with Crippen LogP contribution < -0.4 is 21.9 Å². The summed E-state index contributed by atoms with van der Waals surface area (Å²) in [7, 11) is 3.94. The lowest BCUT2D eigenvalue weighted by Crippen LogP contribution is -2.42. The number of nitrogens with one attached hydrogen (secondary N) is 2. The topological polar surface area (TPSA) is 154 Å². The van der Waals surface area contributed by atoms with Crippen LogP contribution in [0.15, 0.2) is 40.1 Å². The van der Waals surface area contributed by atoms with Gasteiger partial charge in [-0.3, -0.25) is 23.5 Å². The Hall–Kier alpha value is -4.35. The van der Waals surface area contributed by atoms with E-state index in [9.17, 15) is 24.0 Å². The molecule has 2 amide bonds. The largest absolute Gasteiger partial charge is 0.465 e. The van der Waals surface area contributed by atoms with Gasteiger partial charge in [-0.05, 0) is 19.1 Å². The van der Waals surface area contributed by atoms with Crippen molar-refractivity contribution in [2.75, 3.05) is 12.4 Å². The number of rotatable bonds is 5. The Morgan fingerprint density at radius 1 is 1.09 bits per heavy atom. The summed E-state index contributed by atoms with van der Waals surface area (Å²) in [6.45, 7) is 1.44. The summed E-state index contributed by atoms with van der Waals surface area (Å²) >= 11 is 0. The molecule has 12 heteroatoms. The number of para-hydroxylation sites is 1. The van der Waals surface area contributed by atoms with Crippen LogP contribution >= 0.6 is 0 Å². The van der Waals surface area contributed by atoms with Gasteiger partial charge in [-0.2, -0.15) is 0 Å². The van der Waals surface area contributed by atoms with Gasteiger partial charge in [0.15, 0.2) is 11.2 Å². The first-order valence-electron chi connectivity index (χ1n) is 9.37. The number of aryl methyl sites for hydroxylation is 1. The third-order valence-electron chi connectivity index (χ3n) is 4.72. The van der Waals surface area contributed by atoms with Crippen molar-refractivity contribution in [1.29, 1.82) is 0 Å². The number of fused-ring (bicyclic) bond motifs is 1. The van der Waals surface area contributed by atoms with E-state index >= 15 is 0 Å². The molecule has 3 aromatic rings. The summed E-state index contributed by atoms with van der Waals surface area (Å²) < 4.78 is 6.68. The normalized spacial score (nSPS) is 11.6. The summed E-state index contributed by atoms with van der Waals surface area (Å²) in [5, 5.41) is 5.02. The molecular formula is C20H20N6O6. The standard InChI is InChI=1S/C20H20N6O6/c1-10(16(27)24-12-8-6-5-7-11(12)19(30)32-4)22-17(28)13-9-21-15-14(23-13)18(29)26(3)20(31)25(15)2/h5-10H,1-4H3,(H,22,28)(H,24,27)/t10-/m0/s1. The molecule has 166 valence electrons. The van der Waals surface area contributed by atoms with Gasteiger partial charge in [-0.1, -0.05) is 12.1 Å². The number of carbonyl (C=O) groups is 3. The lowest BCUT2D eigenvalue weighted by Gasteiger charge is -2.15. The number of amides is 2. The average molecular weight is 440 g/mol. The van der Waals surface area contributed by atoms with E-state index in [1.165, 1.54) is 40.3 Å². The first-order chi connectivity index (χ1) is 15.1. The maximum Gasteiger partial charge on any atom is 0.339 e. The van der Waals surface area contributed by atoms with Gasteiger partial charge in [0.2, 0.25) is 5.91 Å². The number of nitrogens with zero attached hydrogens (tertiary/aromatic N) is 4. The minimum absolute atomic E-state index is 0.0276. The summed E-state index contributed by atoms with van der Waals surface area (Å²) in [5.41, 5.74) is -1.24. The van der Waals surface area contributed by atoms with Crippen molar-refractivity contribution >= 4 is 34.6 Å². The second-order valence-electron chi connectivity index (χ2n) is 6.85. The smallest absolute Gasteiger partial charge is 0.339 e. The summed E-state index contributed by atoms with van der Waals surface area (Å²) in [4.78, 5) is 69.3. The molecule has 0 saturated heterocycles. The molecule has 0 aliphatic heterocycles. The monoisotopic (exact) mass is 440 g/mol. The molecule has 0 aliphatic rings. The molecule has 1 atom stereocenters. The fraction of sp³-hybridized carbons (Fsp3) is 0.250. The van der Waals surface area contributed by atoms with E-state index in [0.29, 0.717) is 0 Å². The van der Waals surface area contributed by atoms with Gasteiger partial charge in [-0.15, -0.1) is 0 Å². The van der Waals surface area contributed by atoms with E-state index in [2.05, 4.69) is 25.3 Å². The fourth-order valence-corrected chi connectivity index (χ4v) is 2.90. The number of aromatic nitrogens is 4. The summed E-state index contributed by atoms with van der Waals surface area (Å²) in [5.74, 6) is -1.97. The highest BCUT2D eigenvalue weighted by Crippen LogP contribution is 2.16. The Balaban J connectivity index is 1.81. The molecule has 32 heavy (non-hydrogen) atoms. The molecule has 0 fully saturated rings. The number of ether oxygens (including phenoxy) is 1. The minimum atomic E-state index is -1.02. The van der Waals surface area contributed by atoms with Gasteiger partial charge in [-0.25, -0.2) is 19.6 Å². The van der Waals surface area contributed by atoms with E-state index in [1.807, 2.05) is 0 Å². The number of esters is 1. The zero-order chi connectivity index (χ0) is 23.6. The van der Waals surface area contributed by atoms with Gasteiger partial charge < -0.3 is 15.4 Å². The highest BCUT2D eigenvalue weighted by molar-refractivity contribution is 6.04. The number of hydrogen-bond acceptors (Lipinski definition) is 8. The third-order valence-corrected chi connectivity index (χ3v) is 4.72. The van der Waals surface area contributed by atoms with Gasteiger partial charge in [0.25, 0.3) is 11.5 Å².